The Morgan fingerprint density at radius 3 is 1.16 bits per heavy atom. The number of benzene rings is 4. The lowest BCUT2D eigenvalue weighted by Crippen LogP contribution is -2.42. The van der Waals surface area contributed by atoms with Crippen molar-refractivity contribution in [3.63, 3.8) is 0 Å². The normalized spacial score (nSPS) is 14.3. The van der Waals surface area contributed by atoms with Crippen LogP contribution in [0.3, 0.4) is 0 Å². The fourth-order valence-corrected chi connectivity index (χ4v) is 14.6. The first-order chi connectivity index (χ1) is 52.1. The van der Waals surface area contributed by atoms with Gasteiger partial charge in [0, 0.05) is 121 Å². The van der Waals surface area contributed by atoms with E-state index in [1.165, 1.54) is 64.9 Å². The molecule has 4 atom stereocenters. The minimum absolute atomic E-state index is 0.00881. The molecule has 6 N–H and O–H groups in total. The van der Waals surface area contributed by atoms with Crippen LogP contribution in [0.15, 0.2) is 121 Å². The highest BCUT2D eigenvalue weighted by Gasteiger charge is 2.39. The van der Waals surface area contributed by atoms with Gasteiger partial charge in [-0.15, -0.1) is 0 Å². The number of rotatable bonds is 55. The van der Waals surface area contributed by atoms with Gasteiger partial charge in [0.05, 0.1) is 61.5 Å². The zero-order valence-electron chi connectivity index (χ0n) is 64.7. The number of carbonyl (C=O) groups is 2. The highest BCUT2D eigenvalue weighted by molar-refractivity contribution is 6.61. The van der Waals surface area contributed by atoms with Gasteiger partial charge in [-0.25, -0.2) is 0 Å². The monoisotopic (exact) mass is 1570 g/mol. The summed E-state index contributed by atoms with van der Waals surface area (Å²) in [6.07, 6.45) is 16.1. The number of unbranched alkanes of at least 4 members (excludes halogenated alkanes) is 1. The van der Waals surface area contributed by atoms with Crippen LogP contribution in [0.1, 0.15) is 61.3 Å². The molecule has 0 amide bonds. The summed E-state index contributed by atoms with van der Waals surface area (Å²) in [5.74, 6) is 1.43. The number of aliphatic hydroxyl groups excluding tert-OH is 4. The number of methoxy groups -OCH3 is 4. The molecular formula is C76H114O29Si3. The Hall–Kier alpha value is -7.37. The van der Waals surface area contributed by atoms with Crippen molar-refractivity contribution in [3.05, 3.63) is 143 Å². The van der Waals surface area contributed by atoms with E-state index in [1.54, 1.807) is 155 Å². The average molecular weight is 1580 g/mol. The van der Waals surface area contributed by atoms with Gasteiger partial charge in [0.1, 0.15) is 55.8 Å². The maximum absolute atomic E-state index is 13.3. The first-order valence-electron chi connectivity index (χ1n) is 34.9. The van der Waals surface area contributed by atoms with Crippen molar-refractivity contribution in [2.24, 2.45) is 0 Å². The molecule has 1 saturated heterocycles. The van der Waals surface area contributed by atoms with Gasteiger partial charge in [-0.05, 0) is 121 Å². The number of allylic oxidation sites excluding steroid dienone is 6. The molecule has 0 saturated carbocycles. The minimum atomic E-state index is -2.74. The summed E-state index contributed by atoms with van der Waals surface area (Å²) in [5.41, 5.74) is 2.69. The first-order valence-corrected chi connectivity index (χ1v) is 40.7. The molecule has 0 radical (unpaired) electrons. The zero-order chi connectivity index (χ0) is 79.6. The number of ether oxygens (including phenoxy) is 12. The summed E-state index contributed by atoms with van der Waals surface area (Å²) >= 11 is 0. The van der Waals surface area contributed by atoms with Crippen molar-refractivity contribution in [1.82, 2.24) is 0 Å². The molecule has 108 heavy (non-hydrogen) atoms. The van der Waals surface area contributed by atoms with Gasteiger partial charge in [0.15, 0.2) is 57.6 Å². The van der Waals surface area contributed by atoms with E-state index >= 15 is 0 Å². The van der Waals surface area contributed by atoms with Crippen molar-refractivity contribution < 1.29 is 137 Å². The third-order valence-electron chi connectivity index (χ3n) is 15.8. The summed E-state index contributed by atoms with van der Waals surface area (Å²) in [7, 11) is 12.2. The molecule has 0 aliphatic carbocycles. The van der Waals surface area contributed by atoms with Crippen LogP contribution in [0, 0.1) is 0 Å². The first kappa shape index (κ1) is 94.8. The standard InChI is InChI=1S/C46H74O18Si2.C21H20O6.C9H20O5Si/c1-10-11-22-59-31-40(49)34-63-44-21-17-37(28-46(44)52-3)15-19-42(62-33-39(48)30-60-23-12-25-65(53-4,54-5)55-6)29-38(47)18-14-36-16-20-43(45(27-36)51-2)64-35-41(50)32-61-24-13-26-66(56-7,57-8)58-9;1-26-20-11-14(5-9-18(20)24)3-7-16(22)13-17(23)8-4-15-6-10-19(25)21(12-15)27-2;1-10-15(11-2,12-3)6-4-5-13-7-9-8-14-9/h14-21,27-29,39-41,48-50H,10-13,22-26,30-35H2,1-9H3;3-13,22,24-25H,1-2H3;9H,4-8H2,1-3H3/b18-14+,19-15+,42-29-;7-3+,8-4+,16-13-;. The highest BCUT2D eigenvalue weighted by Crippen LogP contribution is 2.32. The molecule has 0 aromatic heterocycles. The van der Waals surface area contributed by atoms with Crippen LogP contribution >= 0.6 is 0 Å². The number of epoxide rings is 1. The van der Waals surface area contributed by atoms with Crippen molar-refractivity contribution in [3.8, 4) is 46.0 Å². The van der Waals surface area contributed by atoms with Gasteiger partial charge in [0.25, 0.3) is 0 Å². The average Bonchev–Trinajstić information content (AvgIpc) is 1.12. The van der Waals surface area contributed by atoms with E-state index < -0.39 is 56.3 Å². The molecule has 4 aromatic rings. The molecule has 4 aromatic carbocycles. The molecule has 1 aliphatic heterocycles. The summed E-state index contributed by atoms with van der Waals surface area (Å²) in [5, 5.41) is 60.4. The van der Waals surface area contributed by atoms with Gasteiger partial charge in [-0.2, -0.15) is 0 Å². The summed E-state index contributed by atoms with van der Waals surface area (Å²) < 4.78 is 114. The molecule has 1 heterocycles. The van der Waals surface area contributed by atoms with Crippen molar-refractivity contribution in [2.75, 3.05) is 172 Å². The quantitative estimate of drug-likeness (QED) is 0.00598. The Morgan fingerprint density at radius 2 is 0.778 bits per heavy atom. The minimum Gasteiger partial charge on any atom is -0.508 e. The predicted molar refractivity (Wildman–Crippen MR) is 412 cm³/mol. The lowest BCUT2D eigenvalue weighted by molar-refractivity contribution is -0.111. The van der Waals surface area contributed by atoms with Crippen LogP contribution in [0.5, 0.6) is 46.0 Å². The van der Waals surface area contributed by atoms with E-state index in [-0.39, 0.29) is 62.7 Å². The summed E-state index contributed by atoms with van der Waals surface area (Å²) in [6.45, 7) is 5.62. The molecule has 32 heteroatoms. The van der Waals surface area contributed by atoms with Crippen molar-refractivity contribution in [2.45, 2.75) is 81.6 Å². The van der Waals surface area contributed by atoms with Crippen LogP contribution in [0.4, 0.5) is 0 Å². The number of carbonyl (C=O) groups excluding carboxylic acids is 2. The number of hydrogen-bond donors (Lipinski definition) is 6. The van der Waals surface area contributed by atoms with Gasteiger partial charge < -0.3 is 127 Å². The van der Waals surface area contributed by atoms with Gasteiger partial charge >= 0.3 is 26.4 Å². The molecule has 29 nitrogen and oxygen atoms in total. The second kappa shape index (κ2) is 54.3. The molecular weight excluding hydrogens is 1460 g/mol. The zero-order valence-corrected chi connectivity index (χ0v) is 67.7. The Balaban J connectivity index is 0.000000578. The Labute approximate surface area is 638 Å². The van der Waals surface area contributed by atoms with E-state index in [0.29, 0.717) is 121 Å². The van der Waals surface area contributed by atoms with E-state index in [0.717, 1.165) is 38.0 Å². The summed E-state index contributed by atoms with van der Waals surface area (Å²) in [6, 6.07) is 21.6. The molecule has 5 rings (SSSR count). The number of aliphatic hydroxyl groups is 4. The molecule has 4 unspecified atom stereocenters. The Morgan fingerprint density at radius 1 is 0.435 bits per heavy atom. The molecule has 1 aliphatic rings. The van der Waals surface area contributed by atoms with E-state index in [9.17, 15) is 40.2 Å². The van der Waals surface area contributed by atoms with Gasteiger partial charge in [0.2, 0.25) is 0 Å². The van der Waals surface area contributed by atoms with E-state index in [1.807, 2.05) is 0 Å². The second-order valence-corrected chi connectivity index (χ2v) is 32.9. The van der Waals surface area contributed by atoms with Crippen LogP contribution in [0.25, 0.3) is 24.3 Å². The fourth-order valence-electron chi connectivity index (χ4n) is 9.53. The van der Waals surface area contributed by atoms with Gasteiger partial charge in [-0.1, -0.05) is 61.9 Å². The Bertz CT molecular complexity index is 3340. The smallest absolute Gasteiger partial charge is 0.500 e. The third kappa shape index (κ3) is 37.4. The predicted octanol–water partition coefficient (Wildman–Crippen LogP) is 9.65. The largest absolute Gasteiger partial charge is 0.508 e. The van der Waals surface area contributed by atoms with E-state index in [2.05, 4.69) is 6.92 Å². The number of ketones is 2. The topological polar surface area (TPSA) is 353 Å². The Kier molecular flexibility index (Phi) is 47.7. The van der Waals surface area contributed by atoms with E-state index in [4.69, 9.17) is 96.7 Å². The van der Waals surface area contributed by atoms with Crippen LogP contribution in [-0.2, 0) is 77.8 Å². The maximum atomic E-state index is 13.3. The second-order valence-electron chi connectivity index (χ2n) is 23.6. The SMILES string of the molecule is CCCCOCC(O)COc1ccc(/C=C/C(=C/C(=O)/C=C/c2ccc(OCC(O)COCCC[Si](OC)(OC)OC)c(OC)c2)OCC(O)COCCC[Si](OC)(OC)OC)cc1OC.CO[Si](CCCOCC1CO1)(OC)OC.COc1cc(/C=C/C(=O)/C=C(O)/C=C/c2ccc(O)c(OC)c2)ccc1O. The lowest BCUT2D eigenvalue weighted by Gasteiger charge is -2.24. The van der Waals surface area contributed by atoms with Crippen molar-refractivity contribution in [1.29, 1.82) is 0 Å². The van der Waals surface area contributed by atoms with Crippen molar-refractivity contribution >= 4 is 62.3 Å². The fraction of sp³-hybridized carbons (Fsp3) is 0.500. The number of phenolic OH excluding ortho intramolecular Hbond substituents is 2. The molecule has 1 fully saturated rings. The molecule has 604 valence electrons. The maximum Gasteiger partial charge on any atom is 0.500 e. The van der Waals surface area contributed by atoms with Crippen LogP contribution in [0.2, 0.25) is 18.1 Å². The van der Waals surface area contributed by atoms with Crippen LogP contribution in [-0.4, -0.2) is 265 Å². The number of phenols is 2. The number of hydrogen-bond acceptors (Lipinski definition) is 29. The molecule has 0 bridgehead atoms. The molecule has 0 spiro atoms. The highest BCUT2D eigenvalue weighted by atomic mass is 28.4. The third-order valence-corrected chi connectivity index (χ3v) is 24.3. The number of aromatic hydroxyl groups is 2. The lowest BCUT2D eigenvalue weighted by atomic mass is 10.1. The van der Waals surface area contributed by atoms with Crippen LogP contribution < -0.4 is 28.4 Å². The van der Waals surface area contributed by atoms with Gasteiger partial charge in [-0.3, -0.25) is 9.59 Å². The summed E-state index contributed by atoms with van der Waals surface area (Å²) in [4.78, 5) is 25.2.